The van der Waals surface area contributed by atoms with E-state index in [4.69, 9.17) is 4.74 Å². The average Bonchev–Trinajstić information content (AvgIpc) is 2.54. The fraction of sp³-hybridized carbons (Fsp3) is 0.800. The predicted molar refractivity (Wildman–Crippen MR) is 105 cm³/mol. The van der Waals surface area contributed by atoms with Crippen LogP contribution in [-0.2, 0) is 24.2 Å². The first-order chi connectivity index (χ1) is 12.7. The molecule has 0 amide bonds. The molecule has 2 atom stereocenters. The lowest BCUT2D eigenvalue weighted by molar-refractivity contribution is -0.305. The van der Waals surface area contributed by atoms with E-state index >= 15 is 0 Å². The first kappa shape index (κ1) is 25.6. The second-order valence-electron chi connectivity index (χ2n) is 7.16. The molecular weight excluding hydrogens is 368 g/mol. The van der Waals surface area contributed by atoms with Gasteiger partial charge in [0.15, 0.2) is 0 Å². The fourth-order valence-corrected chi connectivity index (χ4v) is 4.32. The molecule has 6 nitrogen and oxygen atoms in total. The van der Waals surface area contributed by atoms with Gasteiger partial charge in [0.05, 0.1) is 5.25 Å². The first-order valence-corrected chi connectivity index (χ1v) is 11.8. The van der Waals surface area contributed by atoms with Crippen molar-refractivity contribution in [3.63, 3.8) is 0 Å². The second-order valence-corrected chi connectivity index (χ2v) is 9.48. The molecule has 27 heavy (non-hydrogen) atoms. The van der Waals surface area contributed by atoms with E-state index in [9.17, 15) is 23.1 Å². The number of aliphatic carboxylic acids is 1. The van der Waals surface area contributed by atoms with E-state index in [1.54, 1.807) is 0 Å². The number of unbranched alkanes of at least 4 members (excludes halogenated alkanes) is 4. The van der Waals surface area contributed by atoms with Crippen LogP contribution in [0.4, 0.5) is 0 Å². The Balaban J connectivity index is 4.32. The van der Waals surface area contributed by atoms with E-state index < -0.39 is 21.1 Å². The summed E-state index contributed by atoms with van der Waals surface area (Å²) in [6, 6.07) is 0. The van der Waals surface area contributed by atoms with Crippen molar-refractivity contribution in [1.29, 1.82) is 0 Å². The molecule has 0 saturated heterocycles. The van der Waals surface area contributed by atoms with Gasteiger partial charge < -0.3 is 14.6 Å². The Kier molecular flexibility index (Phi) is 13.9. The van der Waals surface area contributed by atoms with Crippen molar-refractivity contribution < 1.29 is 27.9 Å². The van der Waals surface area contributed by atoms with Crippen LogP contribution in [-0.4, -0.2) is 38.0 Å². The lowest BCUT2D eigenvalue weighted by atomic mass is 10.0. The van der Waals surface area contributed by atoms with Crippen LogP contribution in [0.1, 0.15) is 84.0 Å². The highest BCUT2D eigenvalue weighted by Gasteiger charge is 2.21. The van der Waals surface area contributed by atoms with E-state index in [0.29, 0.717) is 32.1 Å². The maximum absolute atomic E-state index is 12.0. The van der Waals surface area contributed by atoms with Crippen molar-refractivity contribution in [3.05, 3.63) is 12.7 Å². The third-order valence-corrected chi connectivity index (χ3v) is 6.26. The molecule has 0 N–H and O–H groups in total. The molecule has 0 fully saturated rings. The third-order valence-electron chi connectivity index (χ3n) is 4.58. The molecule has 158 valence electrons. The standard InChI is InChI=1S/C20H36O6S/c1-4-5-8-12-18(26-17(2)21)13-11-15-19(27(3,24)25)14-9-6-7-10-16-20(22)23/h4,18-19H,1,5-16H2,2-3H3,(H,22,23)/p-1. The highest BCUT2D eigenvalue weighted by atomic mass is 32.2. The van der Waals surface area contributed by atoms with Gasteiger partial charge in [-0.25, -0.2) is 8.42 Å². The van der Waals surface area contributed by atoms with Crippen molar-refractivity contribution in [2.45, 2.75) is 95.3 Å². The molecule has 0 radical (unpaired) electrons. The van der Waals surface area contributed by atoms with Gasteiger partial charge in [-0.3, -0.25) is 4.79 Å². The van der Waals surface area contributed by atoms with Gasteiger partial charge in [0.25, 0.3) is 0 Å². The van der Waals surface area contributed by atoms with Crippen LogP contribution in [0.25, 0.3) is 0 Å². The highest BCUT2D eigenvalue weighted by Crippen LogP contribution is 2.20. The van der Waals surface area contributed by atoms with Crippen molar-refractivity contribution in [1.82, 2.24) is 0 Å². The number of allylic oxidation sites excluding steroid dienone is 1. The Morgan fingerprint density at radius 3 is 2.15 bits per heavy atom. The SMILES string of the molecule is C=CCCCC(CCCC(CCCCCCC(=O)[O-])S(C)(=O)=O)OC(C)=O. The minimum absolute atomic E-state index is 0.0545. The molecule has 0 aliphatic rings. The lowest BCUT2D eigenvalue weighted by Crippen LogP contribution is -2.22. The highest BCUT2D eigenvalue weighted by molar-refractivity contribution is 7.91. The molecule has 0 spiro atoms. The number of hydrogen-bond acceptors (Lipinski definition) is 6. The van der Waals surface area contributed by atoms with Gasteiger partial charge in [-0.05, 0) is 57.8 Å². The molecule has 0 aromatic rings. The van der Waals surface area contributed by atoms with Crippen molar-refractivity contribution in [2.75, 3.05) is 6.26 Å². The summed E-state index contributed by atoms with van der Waals surface area (Å²) in [5, 5.41) is 9.97. The number of sulfone groups is 1. The molecular formula is C20H35O6S-. The maximum Gasteiger partial charge on any atom is 0.302 e. The topological polar surface area (TPSA) is 101 Å². The van der Waals surface area contributed by atoms with E-state index in [2.05, 4.69) is 6.58 Å². The number of ether oxygens (including phenoxy) is 1. The van der Waals surface area contributed by atoms with E-state index in [0.717, 1.165) is 38.5 Å². The van der Waals surface area contributed by atoms with Crippen LogP contribution < -0.4 is 5.11 Å². The van der Waals surface area contributed by atoms with Crippen LogP contribution >= 0.6 is 0 Å². The third kappa shape index (κ3) is 15.4. The summed E-state index contributed by atoms with van der Waals surface area (Å²) in [7, 11) is -3.14. The minimum atomic E-state index is -3.14. The lowest BCUT2D eigenvalue weighted by Gasteiger charge is -2.19. The molecule has 0 rings (SSSR count). The zero-order valence-corrected chi connectivity index (χ0v) is 17.6. The van der Waals surface area contributed by atoms with Gasteiger partial charge in [0.1, 0.15) is 15.9 Å². The van der Waals surface area contributed by atoms with Crippen LogP contribution in [0.2, 0.25) is 0 Å². The van der Waals surface area contributed by atoms with Gasteiger partial charge in [0, 0.05) is 19.1 Å². The molecule has 7 heteroatoms. The summed E-state index contributed by atoms with van der Waals surface area (Å²) in [6.07, 6.45) is 10.9. The number of esters is 1. The van der Waals surface area contributed by atoms with Gasteiger partial charge in [-0.2, -0.15) is 0 Å². The monoisotopic (exact) mass is 403 g/mol. The quantitative estimate of drug-likeness (QED) is 0.210. The molecule has 0 heterocycles. The Morgan fingerprint density at radius 2 is 1.59 bits per heavy atom. The summed E-state index contributed by atoms with van der Waals surface area (Å²) < 4.78 is 29.4. The van der Waals surface area contributed by atoms with Crippen LogP contribution in [0, 0.1) is 0 Å². The number of carboxylic acids is 1. The summed E-state index contributed by atoms with van der Waals surface area (Å²) >= 11 is 0. The van der Waals surface area contributed by atoms with E-state index in [1.807, 2.05) is 6.08 Å². The maximum atomic E-state index is 12.0. The number of carbonyl (C=O) groups excluding carboxylic acids is 2. The largest absolute Gasteiger partial charge is 0.550 e. The number of rotatable bonds is 17. The number of carbonyl (C=O) groups is 2. The molecule has 0 aromatic heterocycles. The summed E-state index contributed by atoms with van der Waals surface area (Å²) in [4.78, 5) is 21.6. The number of carboxylic acid groups (broad SMARTS) is 1. The average molecular weight is 404 g/mol. The van der Waals surface area contributed by atoms with E-state index in [-0.39, 0.29) is 18.5 Å². The summed E-state index contributed by atoms with van der Waals surface area (Å²) in [5.74, 6) is -1.35. The van der Waals surface area contributed by atoms with Crippen molar-refractivity contribution in [3.8, 4) is 0 Å². The Labute approximate surface area is 164 Å². The van der Waals surface area contributed by atoms with E-state index in [1.165, 1.54) is 13.2 Å². The first-order valence-electron chi connectivity index (χ1n) is 9.83. The Bertz CT molecular complexity index is 541. The Hall–Kier alpha value is -1.37. The molecule has 0 aromatic carbocycles. The zero-order chi connectivity index (χ0) is 20.7. The number of hydrogen-bond donors (Lipinski definition) is 0. The minimum Gasteiger partial charge on any atom is -0.550 e. The smallest absolute Gasteiger partial charge is 0.302 e. The second kappa shape index (κ2) is 14.7. The predicted octanol–water partition coefficient (Wildman–Crippen LogP) is 2.95. The summed E-state index contributed by atoms with van der Waals surface area (Å²) in [6.45, 7) is 5.07. The van der Waals surface area contributed by atoms with Crippen molar-refractivity contribution >= 4 is 21.8 Å². The van der Waals surface area contributed by atoms with Gasteiger partial charge in [0.2, 0.25) is 0 Å². The van der Waals surface area contributed by atoms with Crippen LogP contribution in [0.15, 0.2) is 12.7 Å². The van der Waals surface area contributed by atoms with Crippen molar-refractivity contribution in [2.24, 2.45) is 0 Å². The fourth-order valence-electron chi connectivity index (χ4n) is 3.13. The van der Waals surface area contributed by atoms with Gasteiger partial charge in [-0.1, -0.05) is 25.3 Å². The van der Waals surface area contributed by atoms with Gasteiger partial charge >= 0.3 is 5.97 Å². The molecule has 0 saturated carbocycles. The Morgan fingerprint density at radius 1 is 1.00 bits per heavy atom. The van der Waals surface area contributed by atoms with Crippen LogP contribution in [0.3, 0.4) is 0 Å². The van der Waals surface area contributed by atoms with Gasteiger partial charge in [-0.15, -0.1) is 6.58 Å². The van der Waals surface area contributed by atoms with Crippen LogP contribution in [0.5, 0.6) is 0 Å². The molecule has 0 aliphatic carbocycles. The molecule has 0 aliphatic heterocycles. The zero-order valence-electron chi connectivity index (χ0n) is 16.8. The molecule has 2 unspecified atom stereocenters. The normalized spacial score (nSPS) is 13.7. The summed E-state index contributed by atoms with van der Waals surface area (Å²) in [5.41, 5.74) is 0. The molecule has 0 bridgehead atoms.